The lowest BCUT2D eigenvalue weighted by Crippen LogP contribution is -2.53. The topological polar surface area (TPSA) is 85.8 Å². The van der Waals surface area contributed by atoms with Gasteiger partial charge >= 0.3 is 6.18 Å². The number of ketones is 1. The predicted octanol–water partition coefficient (Wildman–Crippen LogP) is 6.19. The number of carbonyl (C=O) groups is 1. The van der Waals surface area contributed by atoms with E-state index in [9.17, 15) is 18.0 Å². The van der Waals surface area contributed by atoms with Gasteiger partial charge in [0.1, 0.15) is 23.1 Å². The van der Waals surface area contributed by atoms with E-state index in [0.717, 1.165) is 0 Å². The van der Waals surface area contributed by atoms with E-state index in [1.54, 1.807) is 29.3 Å². The number of hydrogen-bond donors (Lipinski definition) is 1. The summed E-state index contributed by atoms with van der Waals surface area (Å²) in [5.41, 5.74) is 0.644. The van der Waals surface area contributed by atoms with Crippen molar-refractivity contribution in [3.8, 4) is 22.8 Å². The Bertz CT molecular complexity index is 1470. The van der Waals surface area contributed by atoms with Crippen molar-refractivity contribution in [2.45, 2.75) is 18.6 Å². The number of aromatic nitrogens is 2. The normalized spacial score (nSPS) is 19.2. The Morgan fingerprint density at radius 1 is 1.17 bits per heavy atom. The smallest absolute Gasteiger partial charge is 0.395 e. The molecule has 41 heavy (non-hydrogen) atoms. The van der Waals surface area contributed by atoms with Gasteiger partial charge in [0, 0.05) is 54.0 Å². The molecule has 2 saturated heterocycles. The molecule has 0 aliphatic carbocycles. The average molecular weight is 611 g/mol. The molecule has 0 spiro atoms. The molecule has 5 rings (SSSR count). The molecule has 2 aliphatic heterocycles. The Morgan fingerprint density at radius 2 is 1.85 bits per heavy atom. The molecular formula is C28H27Cl2F3N4O4. The van der Waals surface area contributed by atoms with Gasteiger partial charge in [-0.15, -0.1) is 0 Å². The highest BCUT2D eigenvalue weighted by molar-refractivity contribution is 6.41. The van der Waals surface area contributed by atoms with Crippen LogP contribution in [0, 0.1) is 11.8 Å². The number of allylic oxidation sites excluding steroid dienone is 1. The van der Waals surface area contributed by atoms with Crippen molar-refractivity contribution in [1.29, 1.82) is 0 Å². The minimum atomic E-state index is -4.31. The monoisotopic (exact) mass is 610 g/mol. The summed E-state index contributed by atoms with van der Waals surface area (Å²) in [6.07, 6.45) is -1.14. The maximum atomic E-state index is 13.4. The van der Waals surface area contributed by atoms with Crippen molar-refractivity contribution in [2.24, 2.45) is 11.8 Å². The van der Waals surface area contributed by atoms with E-state index in [1.165, 1.54) is 20.3 Å². The van der Waals surface area contributed by atoms with Crippen LogP contribution >= 0.6 is 23.2 Å². The molecule has 0 unspecified atom stereocenters. The number of carbonyl (C=O) groups excluding carboxylic acids is 1. The number of rotatable bonds is 9. The Hall–Kier alpha value is -3.28. The lowest BCUT2D eigenvalue weighted by atomic mass is 9.97. The zero-order valence-corrected chi connectivity index (χ0v) is 23.7. The second kappa shape index (κ2) is 11.5. The van der Waals surface area contributed by atoms with Crippen LogP contribution in [0.5, 0.6) is 11.5 Å². The van der Waals surface area contributed by atoms with Crippen LogP contribution in [0.4, 0.5) is 24.8 Å². The molecular weight excluding hydrogens is 584 g/mol. The maximum absolute atomic E-state index is 13.4. The van der Waals surface area contributed by atoms with Crippen LogP contribution in [0.25, 0.3) is 22.0 Å². The molecule has 218 valence electrons. The molecule has 2 aliphatic rings. The molecule has 0 bridgehead atoms. The number of nitrogens with one attached hydrogen (secondary N) is 1. The summed E-state index contributed by atoms with van der Waals surface area (Å²) in [4.78, 5) is 22.8. The quantitative estimate of drug-likeness (QED) is 0.287. The number of pyridine rings is 2. The van der Waals surface area contributed by atoms with Crippen molar-refractivity contribution >= 4 is 51.4 Å². The molecule has 4 heterocycles. The zero-order chi connectivity index (χ0) is 29.5. The summed E-state index contributed by atoms with van der Waals surface area (Å²) >= 11 is 13.3. The average Bonchev–Trinajstić information content (AvgIpc) is 3.33. The van der Waals surface area contributed by atoms with Gasteiger partial charge in [-0.25, -0.2) is 9.97 Å². The second-order valence-electron chi connectivity index (χ2n) is 9.97. The molecule has 0 radical (unpaired) electrons. The zero-order valence-electron chi connectivity index (χ0n) is 22.2. The van der Waals surface area contributed by atoms with Gasteiger partial charge in [-0.05, 0) is 18.2 Å². The number of fused-ring (bicyclic) bond motifs is 1. The summed E-state index contributed by atoms with van der Waals surface area (Å²) in [6.45, 7) is 3.84. The van der Waals surface area contributed by atoms with Gasteiger partial charge in [0.15, 0.2) is 5.78 Å². The molecule has 1 aromatic carbocycles. The Labute approximate surface area is 244 Å². The van der Waals surface area contributed by atoms with Crippen LogP contribution in [0.1, 0.15) is 6.42 Å². The van der Waals surface area contributed by atoms with Crippen LogP contribution in [0.2, 0.25) is 10.0 Å². The van der Waals surface area contributed by atoms with Gasteiger partial charge in [-0.2, -0.15) is 13.2 Å². The summed E-state index contributed by atoms with van der Waals surface area (Å²) in [6, 6.07) is 4.82. The first-order chi connectivity index (χ1) is 19.5. The van der Waals surface area contributed by atoms with Crippen molar-refractivity contribution in [3.05, 3.63) is 47.1 Å². The fourth-order valence-electron chi connectivity index (χ4n) is 5.04. The van der Waals surface area contributed by atoms with Crippen LogP contribution in [0.3, 0.4) is 0 Å². The van der Waals surface area contributed by atoms with Gasteiger partial charge in [0.25, 0.3) is 0 Å². The first kappa shape index (κ1) is 29.2. The largest absolute Gasteiger partial charge is 0.495 e. The van der Waals surface area contributed by atoms with Gasteiger partial charge in [-0.1, -0.05) is 29.8 Å². The number of nitrogens with zero attached hydrogens (tertiary/aromatic N) is 3. The van der Waals surface area contributed by atoms with Crippen molar-refractivity contribution < 1.29 is 32.2 Å². The SMILES string of the molecule is C=CC(=O)C[C@H]1COC[C@H]1Nc1cc2c(N3CC(C(F)(F)F)C3)nc(-c3c(Cl)c(OC)cc(OC)c3Cl)cc2cn1. The fourth-order valence-corrected chi connectivity index (χ4v) is 5.73. The third-order valence-corrected chi connectivity index (χ3v) is 8.14. The Balaban J connectivity index is 1.58. The van der Waals surface area contributed by atoms with Crippen LogP contribution in [-0.2, 0) is 9.53 Å². The number of alkyl halides is 3. The first-order valence-corrected chi connectivity index (χ1v) is 13.5. The standard InChI is InChI=1S/C28H27Cl2F3N4O4/c1-4-17(38)5-15-12-41-13-20(15)35-23-7-18-14(9-34-23)6-19(36-27(18)37-10-16(11-37)28(31,32)33)24-25(29)21(39-2)8-22(40-3)26(24)30/h4,6-9,15-16,20H,1,5,10-13H2,2-3H3,(H,34,35)/t15-,20+/m0/s1. The minimum absolute atomic E-state index is 0.0757. The maximum Gasteiger partial charge on any atom is 0.395 e. The van der Waals surface area contributed by atoms with E-state index in [0.29, 0.717) is 58.4 Å². The minimum Gasteiger partial charge on any atom is -0.495 e. The molecule has 2 aromatic heterocycles. The first-order valence-electron chi connectivity index (χ1n) is 12.8. The summed E-state index contributed by atoms with van der Waals surface area (Å²) < 4.78 is 56.5. The van der Waals surface area contributed by atoms with Crippen molar-refractivity contribution in [3.63, 3.8) is 0 Å². The lowest BCUT2D eigenvalue weighted by Gasteiger charge is -2.41. The van der Waals surface area contributed by atoms with E-state index >= 15 is 0 Å². The van der Waals surface area contributed by atoms with E-state index < -0.39 is 12.1 Å². The van der Waals surface area contributed by atoms with E-state index in [4.69, 9.17) is 42.4 Å². The summed E-state index contributed by atoms with van der Waals surface area (Å²) in [5.74, 6) is -0.216. The van der Waals surface area contributed by atoms with Crippen LogP contribution < -0.4 is 19.7 Å². The van der Waals surface area contributed by atoms with E-state index in [1.807, 2.05) is 0 Å². The van der Waals surface area contributed by atoms with Crippen molar-refractivity contribution in [2.75, 3.05) is 50.7 Å². The second-order valence-corrected chi connectivity index (χ2v) is 10.7. The van der Waals surface area contributed by atoms with Gasteiger partial charge in [-0.3, -0.25) is 4.79 Å². The molecule has 0 amide bonds. The molecule has 2 fully saturated rings. The molecule has 1 N–H and O–H groups in total. The third-order valence-electron chi connectivity index (χ3n) is 7.39. The van der Waals surface area contributed by atoms with E-state index in [-0.39, 0.29) is 47.3 Å². The molecule has 0 saturated carbocycles. The Morgan fingerprint density at radius 3 is 2.46 bits per heavy atom. The van der Waals surface area contributed by atoms with Gasteiger partial charge in [0.05, 0.1) is 55.1 Å². The Kier molecular flexibility index (Phi) is 8.22. The highest BCUT2D eigenvalue weighted by Crippen LogP contribution is 2.47. The summed E-state index contributed by atoms with van der Waals surface area (Å²) in [7, 11) is 2.89. The number of ether oxygens (including phenoxy) is 3. The number of methoxy groups -OCH3 is 2. The van der Waals surface area contributed by atoms with E-state index in [2.05, 4.69) is 16.9 Å². The number of anilines is 2. The third kappa shape index (κ3) is 5.75. The number of hydrogen-bond acceptors (Lipinski definition) is 8. The molecule has 3 aromatic rings. The highest BCUT2D eigenvalue weighted by atomic mass is 35.5. The summed E-state index contributed by atoms with van der Waals surface area (Å²) in [5, 5.41) is 4.88. The number of halogens is 5. The molecule has 8 nitrogen and oxygen atoms in total. The number of benzene rings is 1. The van der Waals surface area contributed by atoms with Gasteiger partial charge < -0.3 is 24.4 Å². The highest BCUT2D eigenvalue weighted by Gasteiger charge is 2.48. The lowest BCUT2D eigenvalue weighted by molar-refractivity contribution is -0.180. The van der Waals surface area contributed by atoms with Crippen LogP contribution in [0.15, 0.2) is 37.1 Å². The predicted molar refractivity (Wildman–Crippen MR) is 151 cm³/mol. The van der Waals surface area contributed by atoms with Crippen molar-refractivity contribution in [1.82, 2.24) is 9.97 Å². The fraction of sp³-hybridized carbons (Fsp3) is 0.393. The molecule has 2 atom stereocenters. The van der Waals surface area contributed by atoms with Gasteiger partial charge in [0.2, 0.25) is 0 Å². The molecule has 13 heteroatoms. The van der Waals surface area contributed by atoms with Crippen LogP contribution in [-0.4, -0.2) is 68.5 Å².